The molecule has 1 aliphatic heterocycles. The van der Waals surface area contributed by atoms with Gasteiger partial charge in [-0.2, -0.15) is 0 Å². The molecule has 29 heavy (non-hydrogen) atoms. The summed E-state index contributed by atoms with van der Waals surface area (Å²) in [7, 11) is 1.65. The van der Waals surface area contributed by atoms with Gasteiger partial charge in [0.15, 0.2) is 0 Å². The molecule has 1 saturated heterocycles. The average molecular weight is 409 g/mol. The van der Waals surface area contributed by atoms with Crippen molar-refractivity contribution in [3.63, 3.8) is 0 Å². The molecule has 5 nitrogen and oxygen atoms in total. The number of carbonyl (C=O) groups excluding carboxylic acids is 1. The molecular weight excluding hydrogens is 384 g/mol. The van der Waals surface area contributed by atoms with Crippen molar-refractivity contribution in [2.75, 3.05) is 33.4 Å². The molecule has 3 aromatic rings. The molecule has 1 atom stereocenters. The van der Waals surface area contributed by atoms with Crippen LogP contribution in [0.3, 0.4) is 0 Å². The Hall–Kier alpha value is -2.57. The maximum absolute atomic E-state index is 12.8. The number of pyridine rings is 1. The van der Waals surface area contributed by atoms with Gasteiger partial charge in [-0.1, -0.05) is 42.1 Å². The summed E-state index contributed by atoms with van der Waals surface area (Å²) in [5.41, 5.74) is 3.09. The number of rotatable bonds is 5. The lowest BCUT2D eigenvalue weighted by atomic mass is 10.0. The van der Waals surface area contributed by atoms with E-state index in [-0.39, 0.29) is 11.2 Å². The van der Waals surface area contributed by atoms with Crippen LogP contribution in [0, 0.1) is 0 Å². The normalized spacial score (nSPS) is 15.3. The van der Waals surface area contributed by atoms with Gasteiger partial charge in [0.2, 0.25) is 5.91 Å². The lowest BCUT2D eigenvalue weighted by Gasteiger charge is -2.29. The molecule has 1 fully saturated rings. The molecule has 2 heterocycles. The Balaban J connectivity index is 1.69. The number of nitrogens with zero attached hydrogens (tertiary/aromatic N) is 2. The van der Waals surface area contributed by atoms with E-state index in [2.05, 4.69) is 18.2 Å². The number of carbonyl (C=O) groups is 1. The Morgan fingerprint density at radius 2 is 1.90 bits per heavy atom. The molecule has 0 N–H and O–H groups in total. The number of amides is 1. The van der Waals surface area contributed by atoms with Gasteiger partial charge in [0.05, 0.1) is 36.1 Å². The van der Waals surface area contributed by atoms with Crippen molar-refractivity contribution in [1.82, 2.24) is 9.88 Å². The minimum Gasteiger partial charge on any atom is -0.497 e. The van der Waals surface area contributed by atoms with Crippen molar-refractivity contribution in [3.05, 3.63) is 54.6 Å². The molecule has 0 aliphatic carbocycles. The van der Waals surface area contributed by atoms with Crippen LogP contribution in [0.1, 0.15) is 6.92 Å². The summed E-state index contributed by atoms with van der Waals surface area (Å²) in [5, 5.41) is 1.68. The highest BCUT2D eigenvalue weighted by Gasteiger charge is 2.24. The van der Waals surface area contributed by atoms with Gasteiger partial charge in [-0.05, 0) is 36.2 Å². The van der Waals surface area contributed by atoms with Gasteiger partial charge in [-0.3, -0.25) is 4.79 Å². The Morgan fingerprint density at radius 3 is 2.62 bits per heavy atom. The molecule has 4 rings (SSSR count). The van der Waals surface area contributed by atoms with Crippen molar-refractivity contribution >= 4 is 28.6 Å². The summed E-state index contributed by atoms with van der Waals surface area (Å²) in [6.07, 6.45) is 0. The molecule has 1 aliphatic rings. The van der Waals surface area contributed by atoms with Crippen molar-refractivity contribution in [1.29, 1.82) is 0 Å². The first kappa shape index (κ1) is 19.7. The maximum atomic E-state index is 12.8. The monoisotopic (exact) mass is 408 g/mol. The second-order valence-corrected chi connectivity index (χ2v) is 8.32. The lowest BCUT2D eigenvalue weighted by Crippen LogP contribution is -2.44. The van der Waals surface area contributed by atoms with Crippen LogP contribution < -0.4 is 4.74 Å². The molecule has 6 heteroatoms. The van der Waals surface area contributed by atoms with Crippen LogP contribution in [0.15, 0.2) is 59.6 Å². The largest absolute Gasteiger partial charge is 0.497 e. The van der Waals surface area contributed by atoms with E-state index in [0.29, 0.717) is 26.3 Å². The van der Waals surface area contributed by atoms with Crippen molar-refractivity contribution in [2.45, 2.75) is 17.2 Å². The van der Waals surface area contributed by atoms with Gasteiger partial charge in [0, 0.05) is 24.5 Å². The van der Waals surface area contributed by atoms with Crippen LogP contribution in [-0.2, 0) is 9.53 Å². The Morgan fingerprint density at radius 1 is 1.14 bits per heavy atom. The van der Waals surface area contributed by atoms with E-state index in [0.717, 1.165) is 32.8 Å². The third-order valence-corrected chi connectivity index (χ3v) is 6.05. The molecule has 1 amide bonds. The second-order valence-electron chi connectivity index (χ2n) is 6.95. The summed E-state index contributed by atoms with van der Waals surface area (Å²) >= 11 is 1.50. The zero-order valence-corrected chi connectivity index (χ0v) is 17.4. The summed E-state index contributed by atoms with van der Waals surface area (Å²) in [6, 6.07) is 18.3. The number of thioether (sulfide) groups is 1. The first-order valence-corrected chi connectivity index (χ1v) is 10.6. The van der Waals surface area contributed by atoms with Crippen LogP contribution in [0.4, 0.5) is 0 Å². The fraction of sp³-hybridized carbons (Fsp3) is 0.304. The van der Waals surface area contributed by atoms with E-state index >= 15 is 0 Å². The summed E-state index contributed by atoms with van der Waals surface area (Å²) in [4.78, 5) is 19.5. The number of fused-ring (bicyclic) bond motifs is 1. The standard InChI is InChI=1S/C23H24N2O3S/c1-16(23(26)25-10-12-28-13-11-25)29-22-15-20(17-6-4-3-5-7-17)19-9-8-18(27-2)14-21(19)24-22/h3-9,14-16H,10-13H2,1-2H3. The van der Waals surface area contributed by atoms with Crippen LogP contribution in [-0.4, -0.2) is 54.5 Å². The molecule has 0 spiro atoms. The highest BCUT2D eigenvalue weighted by atomic mass is 32.2. The molecule has 1 aromatic heterocycles. The topological polar surface area (TPSA) is 51.7 Å². The number of aromatic nitrogens is 1. The highest BCUT2D eigenvalue weighted by molar-refractivity contribution is 8.00. The van der Waals surface area contributed by atoms with Crippen molar-refractivity contribution in [3.8, 4) is 16.9 Å². The Labute approximate surface area is 175 Å². The minimum atomic E-state index is -0.215. The quantitative estimate of drug-likeness (QED) is 0.591. The molecule has 0 bridgehead atoms. The lowest BCUT2D eigenvalue weighted by molar-refractivity contribution is -0.134. The van der Waals surface area contributed by atoms with Gasteiger partial charge < -0.3 is 14.4 Å². The van der Waals surface area contributed by atoms with Crippen LogP contribution in [0.25, 0.3) is 22.0 Å². The number of hydrogen-bond donors (Lipinski definition) is 0. The van der Waals surface area contributed by atoms with Crippen molar-refractivity contribution in [2.24, 2.45) is 0 Å². The van der Waals surface area contributed by atoms with E-state index in [1.165, 1.54) is 11.8 Å². The van der Waals surface area contributed by atoms with Crippen LogP contribution in [0.2, 0.25) is 0 Å². The minimum absolute atomic E-state index is 0.132. The average Bonchev–Trinajstić information content (AvgIpc) is 2.78. The predicted molar refractivity (Wildman–Crippen MR) is 116 cm³/mol. The zero-order valence-electron chi connectivity index (χ0n) is 16.6. The molecule has 0 saturated carbocycles. The number of benzene rings is 2. The third kappa shape index (κ3) is 4.38. The summed E-state index contributed by atoms with van der Waals surface area (Å²) in [6.45, 7) is 4.47. The van der Waals surface area contributed by atoms with Gasteiger partial charge >= 0.3 is 0 Å². The number of morpholine rings is 1. The smallest absolute Gasteiger partial charge is 0.235 e. The Bertz CT molecular complexity index is 1000. The van der Waals surface area contributed by atoms with E-state index in [9.17, 15) is 4.79 Å². The Kier molecular flexibility index (Phi) is 6.02. The fourth-order valence-corrected chi connectivity index (χ4v) is 4.45. The van der Waals surface area contributed by atoms with Crippen LogP contribution >= 0.6 is 11.8 Å². The number of ether oxygens (including phenoxy) is 2. The zero-order chi connectivity index (χ0) is 20.2. The van der Waals surface area contributed by atoms with Gasteiger partial charge in [0.25, 0.3) is 0 Å². The van der Waals surface area contributed by atoms with E-state index < -0.39 is 0 Å². The first-order chi connectivity index (χ1) is 14.2. The maximum Gasteiger partial charge on any atom is 0.235 e. The molecule has 150 valence electrons. The van der Waals surface area contributed by atoms with Gasteiger partial charge in [-0.15, -0.1) is 0 Å². The van der Waals surface area contributed by atoms with Gasteiger partial charge in [0.1, 0.15) is 5.75 Å². The van der Waals surface area contributed by atoms with E-state index in [1.54, 1.807) is 7.11 Å². The molecule has 2 aromatic carbocycles. The predicted octanol–water partition coefficient (Wildman–Crippen LogP) is 4.25. The summed E-state index contributed by atoms with van der Waals surface area (Å²) in [5.74, 6) is 0.899. The molecule has 1 unspecified atom stereocenters. The fourth-order valence-electron chi connectivity index (χ4n) is 3.50. The number of methoxy groups -OCH3 is 1. The number of hydrogen-bond acceptors (Lipinski definition) is 5. The second kappa shape index (κ2) is 8.84. The highest BCUT2D eigenvalue weighted by Crippen LogP contribution is 2.34. The van der Waals surface area contributed by atoms with Gasteiger partial charge in [-0.25, -0.2) is 4.98 Å². The van der Waals surface area contributed by atoms with Crippen molar-refractivity contribution < 1.29 is 14.3 Å². The third-order valence-electron chi connectivity index (χ3n) is 5.05. The molecular formula is C23H24N2O3S. The molecule has 0 radical (unpaired) electrons. The van der Waals surface area contributed by atoms with E-state index in [1.807, 2.05) is 48.2 Å². The van der Waals surface area contributed by atoms with Crippen LogP contribution in [0.5, 0.6) is 5.75 Å². The SMILES string of the molecule is COc1ccc2c(-c3ccccc3)cc(SC(C)C(=O)N3CCOCC3)nc2c1. The van der Waals surface area contributed by atoms with E-state index in [4.69, 9.17) is 14.5 Å². The summed E-state index contributed by atoms with van der Waals surface area (Å²) < 4.78 is 10.7. The first-order valence-electron chi connectivity index (χ1n) is 9.73.